The van der Waals surface area contributed by atoms with Crippen LogP contribution in [-0.4, -0.2) is 43.0 Å². The lowest BCUT2D eigenvalue weighted by Crippen LogP contribution is -2.30. The van der Waals surface area contributed by atoms with Gasteiger partial charge in [0, 0.05) is 17.5 Å². The number of nitrogens with zero attached hydrogens (tertiary/aromatic N) is 1. The fourth-order valence-electron chi connectivity index (χ4n) is 1.31. The van der Waals surface area contributed by atoms with E-state index in [1.165, 1.54) is 4.86 Å². The van der Waals surface area contributed by atoms with Crippen molar-refractivity contribution in [1.82, 2.24) is 10.2 Å². The van der Waals surface area contributed by atoms with Crippen molar-refractivity contribution in [3.05, 3.63) is 0 Å². The molecule has 0 aromatic rings. The molecule has 64 valence electrons. The Bertz CT molecular complexity index is 145. The topological polar surface area (TPSA) is 15.3 Å². The van der Waals surface area contributed by atoms with Crippen LogP contribution in [0.25, 0.3) is 0 Å². The van der Waals surface area contributed by atoms with E-state index in [0.717, 1.165) is 25.9 Å². The Labute approximate surface area is 74.0 Å². The Balaban J connectivity index is 2.20. The first-order valence-corrected chi connectivity index (χ1v) is 4.52. The van der Waals surface area contributed by atoms with Crippen LogP contribution in [0.5, 0.6) is 0 Å². The summed E-state index contributed by atoms with van der Waals surface area (Å²) in [6, 6.07) is 0.507. The predicted octanol–water partition coefficient (Wildman–Crippen LogP) is 0.670. The lowest BCUT2D eigenvalue weighted by atomic mass is 10.1. The molecule has 0 aliphatic carbocycles. The molecule has 1 heterocycles. The van der Waals surface area contributed by atoms with Gasteiger partial charge in [0.05, 0.1) is 0 Å². The van der Waals surface area contributed by atoms with Crippen LogP contribution < -0.4 is 5.32 Å². The van der Waals surface area contributed by atoms with Crippen molar-refractivity contribution in [3.8, 4) is 0 Å². The molecule has 1 saturated heterocycles. The van der Waals surface area contributed by atoms with E-state index in [2.05, 4.69) is 24.3 Å². The Morgan fingerprint density at radius 1 is 1.64 bits per heavy atom. The van der Waals surface area contributed by atoms with Gasteiger partial charge in [0.15, 0.2) is 0 Å². The molecule has 0 aromatic heterocycles. The molecule has 1 unspecified atom stereocenters. The number of hydrogen-bond acceptors (Lipinski definition) is 3. The lowest BCUT2D eigenvalue weighted by molar-refractivity contribution is 0.388. The summed E-state index contributed by atoms with van der Waals surface area (Å²) in [5.41, 5.74) is 0. The molecule has 2 nitrogen and oxygen atoms in total. The minimum atomic E-state index is 0.507. The fraction of sp³-hybridized carbons (Fsp3) is 0.875. The summed E-state index contributed by atoms with van der Waals surface area (Å²) >= 11 is 5.21. The first-order valence-electron chi connectivity index (χ1n) is 4.11. The molecule has 0 radical (unpaired) electrons. The minimum Gasteiger partial charge on any atom is -0.309 e. The number of hydrogen-bond donors (Lipinski definition) is 1. The summed E-state index contributed by atoms with van der Waals surface area (Å²) in [5, 5.41) is 3.39. The largest absolute Gasteiger partial charge is 0.309 e. The molecule has 11 heavy (non-hydrogen) atoms. The van der Waals surface area contributed by atoms with Crippen LogP contribution >= 0.6 is 12.2 Å². The molecule has 0 aromatic carbocycles. The van der Waals surface area contributed by atoms with Gasteiger partial charge in [-0.2, -0.15) is 0 Å². The lowest BCUT2D eigenvalue weighted by Gasteiger charge is -2.14. The van der Waals surface area contributed by atoms with Gasteiger partial charge in [0.1, 0.15) is 0 Å². The van der Waals surface area contributed by atoms with Crippen molar-refractivity contribution >= 4 is 17.1 Å². The SMILES string of the molecule is CN(C)CCC1NCCC1=S. The second kappa shape index (κ2) is 4.14. The van der Waals surface area contributed by atoms with Gasteiger partial charge >= 0.3 is 0 Å². The van der Waals surface area contributed by atoms with Crippen LogP contribution in [0.15, 0.2) is 0 Å². The highest BCUT2D eigenvalue weighted by Crippen LogP contribution is 2.06. The van der Waals surface area contributed by atoms with Crippen LogP contribution in [-0.2, 0) is 0 Å². The first-order chi connectivity index (χ1) is 5.20. The monoisotopic (exact) mass is 172 g/mol. The number of thiocarbonyl (C=S) groups is 1. The normalized spacial score (nSPS) is 25.0. The van der Waals surface area contributed by atoms with E-state index < -0.39 is 0 Å². The third-order valence-electron chi connectivity index (χ3n) is 2.02. The Morgan fingerprint density at radius 2 is 2.36 bits per heavy atom. The van der Waals surface area contributed by atoms with Crippen molar-refractivity contribution in [2.45, 2.75) is 18.9 Å². The van der Waals surface area contributed by atoms with Gasteiger partial charge in [-0.05, 0) is 33.5 Å². The van der Waals surface area contributed by atoms with Crippen molar-refractivity contribution in [1.29, 1.82) is 0 Å². The number of nitrogens with one attached hydrogen (secondary N) is 1. The second-order valence-electron chi connectivity index (χ2n) is 3.31. The molecule has 0 bridgehead atoms. The molecular weight excluding hydrogens is 156 g/mol. The van der Waals surface area contributed by atoms with Gasteiger partial charge < -0.3 is 10.2 Å². The summed E-state index contributed by atoms with van der Waals surface area (Å²) in [7, 11) is 4.19. The molecule has 1 fully saturated rings. The third-order valence-corrected chi connectivity index (χ3v) is 2.50. The van der Waals surface area contributed by atoms with Crippen LogP contribution in [0.2, 0.25) is 0 Å². The van der Waals surface area contributed by atoms with E-state index in [4.69, 9.17) is 12.2 Å². The molecule has 0 amide bonds. The second-order valence-corrected chi connectivity index (χ2v) is 3.84. The van der Waals surface area contributed by atoms with E-state index in [1.807, 2.05) is 0 Å². The highest BCUT2D eigenvalue weighted by molar-refractivity contribution is 7.80. The van der Waals surface area contributed by atoms with E-state index in [9.17, 15) is 0 Å². The maximum atomic E-state index is 5.21. The van der Waals surface area contributed by atoms with Crippen LogP contribution in [0.3, 0.4) is 0 Å². The zero-order valence-electron chi connectivity index (χ0n) is 7.26. The maximum Gasteiger partial charge on any atom is 0.0396 e. The zero-order chi connectivity index (χ0) is 8.27. The summed E-state index contributed by atoms with van der Waals surface area (Å²) in [4.78, 5) is 3.41. The average molecular weight is 172 g/mol. The molecule has 3 heteroatoms. The highest BCUT2D eigenvalue weighted by atomic mass is 32.1. The molecule has 1 N–H and O–H groups in total. The average Bonchev–Trinajstić information content (AvgIpc) is 2.31. The Morgan fingerprint density at radius 3 is 2.82 bits per heavy atom. The molecule has 0 spiro atoms. The Kier molecular flexibility index (Phi) is 3.43. The summed E-state index contributed by atoms with van der Waals surface area (Å²) in [6.45, 7) is 2.20. The van der Waals surface area contributed by atoms with Crippen molar-refractivity contribution in [3.63, 3.8) is 0 Å². The quantitative estimate of drug-likeness (QED) is 0.630. The van der Waals surface area contributed by atoms with Gasteiger partial charge in [-0.25, -0.2) is 0 Å². The predicted molar refractivity (Wildman–Crippen MR) is 52.2 cm³/mol. The van der Waals surface area contributed by atoms with Gasteiger partial charge in [-0.15, -0.1) is 0 Å². The van der Waals surface area contributed by atoms with Crippen LogP contribution in [0, 0.1) is 0 Å². The summed E-state index contributed by atoms with van der Waals surface area (Å²) in [6.07, 6.45) is 2.25. The van der Waals surface area contributed by atoms with Crippen LogP contribution in [0.1, 0.15) is 12.8 Å². The number of rotatable bonds is 3. The molecule has 1 aliphatic rings. The molecule has 1 rings (SSSR count). The van der Waals surface area contributed by atoms with Crippen molar-refractivity contribution in [2.75, 3.05) is 27.2 Å². The van der Waals surface area contributed by atoms with Gasteiger partial charge in [-0.3, -0.25) is 0 Å². The van der Waals surface area contributed by atoms with E-state index in [-0.39, 0.29) is 0 Å². The van der Waals surface area contributed by atoms with Crippen molar-refractivity contribution in [2.24, 2.45) is 0 Å². The molecule has 1 aliphatic heterocycles. The van der Waals surface area contributed by atoms with Gasteiger partial charge in [0.25, 0.3) is 0 Å². The van der Waals surface area contributed by atoms with E-state index in [0.29, 0.717) is 6.04 Å². The van der Waals surface area contributed by atoms with Crippen molar-refractivity contribution < 1.29 is 0 Å². The minimum absolute atomic E-state index is 0.507. The third kappa shape index (κ3) is 2.85. The standard InChI is InChI=1S/C8H16N2S/c1-10(2)6-4-7-8(11)3-5-9-7/h7,9H,3-6H2,1-2H3. The molecule has 1 atom stereocenters. The maximum absolute atomic E-state index is 5.21. The zero-order valence-corrected chi connectivity index (χ0v) is 8.08. The first kappa shape index (κ1) is 9.10. The molecular formula is C8H16N2S. The van der Waals surface area contributed by atoms with Gasteiger partial charge in [0.2, 0.25) is 0 Å². The highest BCUT2D eigenvalue weighted by Gasteiger charge is 2.19. The fourth-order valence-corrected chi connectivity index (χ4v) is 1.61. The van der Waals surface area contributed by atoms with Gasteiger partial charge in [-0.1, -0.05) is 12.2 Å². The van der Waals surface area contributed by atoms with Crippen LogP contribution in [0.4, 0.5) is 0 Å². The summed E-state index contributed by atoms with van der Waals surface area (Å²) < 4.78 is 0. The molecule has 0 saturated carbocycles. The summed E-state index contributed by atoms with van der Waals surface area (Å²) in [5.74, 6) is 0. The van der Waals surface area contributed by atoms with E-state index >= 15 is 0 Å². The van der Waals surface area contributed by atoms with E-state index in [1.54, 1.807) is 0 Å². The Hall–Kier alpha value is 0.01000. The smallest absolute Gasteiger partial charge is 0.0396 e.